The van der Waals surface area contributed by atoms with Crippen molar-refractivity contribution in [3.8, 4) is 0 Å². The maximum Gasteiger partial charge on any atom is 0.338 e. The minimum Gasteiger partial charge on any atom is -0.460 e. The molecule has 1 aromatic rings. The van der Waals surface area contributed by atoms with E-state index in [1.807, 2.05) is 12.1 Å². The molecule has 1 aromatic carbocycles. The molecule has 1 aliphatic heterocycles. The van der Waals surface area contributed by atoms with Gasteiger partial charge in [-0.25, -0.2) is 4.79 Å². The molecule has 0 unspecified atom stereocenters. The van der Waals surface area contributed by atoms with Crippen LogP contribution in [-0.2, 0) is 56.8 Å². The summed E-state index contributed by atoms with van der Waals surface area (Å²) in [6.45, 7) is 15.8. The molecule has 0 radical (unpaired) electrons. The highest BCUT2D eigenvalue weighted by Crippen LogP contribution is 2.11. The molecule has 0 saturated carbocycles. The Bertz CT molecular complexity index is 926. The highest BCUT2D eigenvalue weighted by Gasteiger charge is 2.12. The van der Waals surface area contributed by atoms with E-state index in [4.69, 9.17) is 56.8 Å². The van der Waals surface area contributed by atoms with Crippen LogP contribution in [0, 0.1) is 0 Å². The van der Waals surface area contributed by atoms with Crippen molar-refractivity contribution in [2.24, 2.45) is 0 Å². The standard InChI is InChI=1S/C38H68N2O13/c1-2-3-10-40-36-6-4-35(5-7-36)38(41)53-34-32-51-30-28-49-26-24-47-22-20-45-18-16-43-14-13-42-15-17-44-19-21-46-23-25-48-27-29-50-31-33-52-37-8-11-39-12-9-37/h4-7,37,39-40H,2-3,8-34H2,1H3. The average Bonchev–Trinajstić information content (AvgIpc) is 3.18. The number of nitrogens with one attached hydrogen (secondary N) is 2. The zero-order valence-corrected chi connectivity index (χ0v) is 32.2. The first-order valence-corrected chi connectivity index (χ1v) is 19.4. The lowest BCUT2D eigenvalue weighted by atomic mass is 10.1. The van der Waals surface area contributed by atoms with Crippen LogP contribution >= 0.6 is 0 Å². The Labute approximate surface area is 317 Å². The number of unbranched alkanes of at least 4 members (excludes halogenated alkanes) is 1. The van der Waals surface area contributed by atoms with Gasteiger partial charge in [-0.1, -0.05) is 13.3 Å². The molecule has 1 heterocycles. The minimum absolute atomic E-state index is 0.190. The Morgan fingerprint density at radius 1 is 0.547 bits per heavy atom. The van der Waals surface area contributed by atoms with Crippen LogP contribution in [0.2, 0.25) is 0 Å². The van der Waals surface area contributed by atoms with Crippen molar-refractivity contribution in [1.29, 1.82) is 0 Å². The normalized spacial score (nSPS) is 13.5. The van der Waals surface area contributed by atoms with Crippen LogP contribution in [-0.4, -0.2) is 177 Å². The van der Waals surface area contributed by atoms with Gasteiger partial charge in [-0.3, -0.25) is 0 Å². The SMILES string of the molecule is CCCCNc1ccc(C(=O)OCCOCCOCCOCCOCCOCCOCCOCCOCCOCCOCCOC2CCNCC2)cc1. The lowest BCUT2D eigenvalue weighted by Gasteiger charge is -2.22. The summed E-state index contributed by atoms with van der Waals surface area (Å²) in [5, 5.41) is 6.65. The zero-order chi connectivity index (χ0) is 37.5. The Morgan fingerprint density at radius 3 is 1.28 bits per heavy atom. The quantitative estimate of drug-likeness (QED) is 0.0747. The third-order valence-corrected chi connectivity index (χ3v) is 7.66. The summed E-state index contributed by atoms with van der Waals surface area (Å²) in [7, 11) is 0. The topological polar surface area (TPSA) is 152 Å². The van der Waals surface area contributed by atoms with Gasteiger partial charge in [0.2, 0.25) is 0 Å². The van der Waals surface area contributed by atoms with E-state index in [-0.39, 0.29) is 12.6 Å². The molecule has 0 aliphatic carbocycles. The predicted octanol–water partition coefficient (Wildman–Crippen LogP) is 2.99. The molecule has 15 heteroatoms. The summed E-state index contributed by atoms with van der Waals surface area (Å²) in [4.78, 5) is 12.1. The molecule has 1 fully saturated rings. The van der Waals surface area contributed by atoms with Crippen molar-refractivity contribution in [2.75, 3.05) is 170 Å². The monoisotopic (exact) mass is 760 g/mol. The van der Waals surface area contributed by atoms with Crippen LogP contribution in [0.15, 0.2) is 24.3 Å². The summed E-state index contributed by atoms with van der Waals surface area (Å²) < 4.78 is 66.0. The molecule has 1 saturated heterocycles. The molecule has 0 atom stereocenters. The van der Waals surface area contributed by atoms with Crippen molar-refractivity contribution >= 4 is 11.7 Å². The van der Waals surface area contributed by atoms with Gasteiger partial charge in [-0.15, -0.1) is 0 Å². The third kappa shape index (κ3) is 30.0. The largest absolute Gasteiger partial charge is 0.460 e. The molecular formula is C38H68N2O13. The first kappa shape index (κ1) is 47.2. The van der Waals surface area contributed by atoms with Crippen molar-refractivity contribution in [2.45, 2.75) is 38.7 Å². The molecule has 0 aromatic heterocycles. The van der Waals surface area contributed by atoms with E-state index in [1.54, 1.807) is 12.1 Å². The van der Waals surface area contributed by atoms with Crippen LogP contribution in [0.4, 0.5) is 5.69 Å². The molecule has 2 rings (SSSR count). The molecule has 15 nitrogen and oxygen atoms in total. The molecular weight excluding hydrogens is 692 g/mol. The number of piperidine rings is 1. The smallest absolute Gasteiger partial charge is 0.338 e. The first-order valence-electron chi connectivity index (χ1n) is 19.4. The van der Waals surface area contributed by atoms with E-state index in [1.165, 1.54) is 0 Å². The van der Waals surface area contributed by atoms with Crippen LogP contribution in [0.25, 0.3) is 0 Å². The molecule has 0 bridgehead atoms. The van der Waals surface area contributed by atoms with Crippen LogP contribution in [0.1, 0.15) is 43.0 Å². The van der Waals surface area contributed by atoms with Gasteiger partial charge in [0.05, 0.1) is 150 Å². The molecule has 2 N–H and O–H groups in total. The number of hydrogen-bond donors (Lipinski definition) is 2. The second kappa shape index (κ2) is 37.0. The van der Waals surface area contributed by atoms with E-state index in [2.05, 4.69) is 17.6 Å². The number of hydrogen-bond acceptors (Lipinski definition) is 15. The molecule has 308 valence electrons. The molecule has 53 heavy (non-hydrogen) atoms. The Morgan fingerprint density at radius 2 is 0.906 bits per heavy atom. The number of carbonyl (C=O) groups is 1. The van der Waals surface area contributed by atoms with Gasteiger partial charge in [0, 0.05) is 12.2 Å². The fraction of sp³-hybridized carbons (Fsp3) is 0.816. The van der Waals surface area contributed by atoms with Crippen molar-refractivity contribution in [1.82, 2.24) is 5.32 Å². The van der Waals surface area contributed by atoms with Gasteiger partial charge >= 0.3 is 5.97 Å². The maximum atomic E-state index is 12.1. The summed E-state index contributed by atoms with van der Waals surface area (Å²) in [5.74, 6) is -0.360. The van der Waals surface area contributed by atoms with E-state index in [0.29, 0.717) is 150 Å². The number of anilines is 1. The number of benzene rings is 1. The highest BCUT2D eigenvalue weighted by molar-refractivity contribution is 5.89. The molecule has 0 amide bonds. The fourth-order valence-electron chi connectivity index (χ4n) is 4.73. The maximum absolute atomic E-state index is 12.1. The zero-order valence-electron chi connectivity index (χ0n) is 32.2. The number of rotatable bonds is 39. The van der Waals surface area contributed by atoms with Crippen molar-refractivity contribution < 1.29 is 61.6 Å². The second-order valence-electron chi connectivity index (χ2n) is 11.9. The number of carbonyl (C=O) groups excluding carboxylic acids is 1. The lowest BCUT2D eigenvalue weighted by molar-refractivity contribution is -0.0325. The third-order valence-electron chi connectivity index (χ3n) is 7.66. The Hall–Kier alpha value is -1.99. The summed E-state index contributed by atoms with van der Waals surface area (Å²) in [6, 6.07) is 7.29. The Kier molecular flexibility index (Phi) is 32.9. The first-order chi connectivity index (χ1) is 26.3. The fourth-order valence-corrected chi connectivity index (χ4v) is 4.73. The lowest BCUT2D eigenvalue weighted by Crippen LogP contribution is -2.33. The van der Waals surface area contributed by atoms with Crippen molar-refractivity contribution in [3.63, 3.8) is 0 Å². The number of ether oxygens (including phenoxy) is 12. The van der Waals surface area contributed by atoms with E-state index >= 15 is 0 Å². The summed E-state index contributed by atoms with van der Waals surface area (Å²) >= 11 is 0. The summed E-state index contributed by atoms with van der Waals surface area (Å²) in [5.41, 5.74) is 1.52. The van der Waals surface area contributed by atoms with Gasteiger partial charge in [0.1, 0.15) is 6.61 Å². The second-order valence-corrected chi connectivity index (χ2v) is 11.9. The van der Waals surface area contributed by atoms with Crippen LogP contribution in [0.5, 0.6) is 0 Å². The van der Waals surface area contributed by atoms with E-state index < -0.39 is 0 Å². The van der Waals surface area contributed by atoms with Gasteiger partial charge in [0.15, 0.2) is 0 Å². The van der Waals surface area contributed by atoms with Gasteiger partial charge in [0.25, 0.3) is 0 Å². The molecule has 0 spiro atoms. The molecule has 1 aliphatic rings. The average molecular weight is 761 g/mol. The minimum atomic E-state index is -0.360. The van der Waals surface area contributed by atoms with Gasteiger partial charge in [-0.05, 0) is 56.6 Å². The predicted molar refractivity (Wildman–Crippen MR) is 200 cm³/mol. The highest BCUT2D eigenvalue weighted by atomic mass is 16.6. The van der Waals surface area contributed by atoms with Gasteiger partial charge < -0.3 is 67.5 Å². The Balaban J connectivity index is 1.16. The van der Waals surface area contributed by atoms with E-state index in [9.17, 15) is 4.79 Å². The van der Waals surface area contributed by atoms with Crippen LogP contribution < -0.4 is 10.6 Å². The summed E-state index contributed by atoms with van der Waals surface area (Å²) in [6.07, 6.45) is 4.76. The number of esters is 1. The van der Waals surface area contributed by atoms with Gasteiger partial charge in [-0.2, -0.15) is 0 Å². The van der Waals surface area contributed by atoms with E-state index in [0.717, 1.165) is 51.0 Å². The van der Waals surface area contributed by atoms with Crippen LogP contribution in [0.3, 0.4) is 0 Å². The van der Waals surface area contributed by atoms with Crippen molar-refractivity contribution in [3.05, 3.63) is 29.8 Å².